The Labute approximate surface area is 276 Å². The monoisotopic (exact) mass is 671 g/mol. The van der Waals surface area contributed by atoms with Crippen LogP contribution in [0.4, 0.5) is 0 Å². The van der Waals surface area contributed by atoms with E-state index in [1.807, 2.05) is 45.9 Å². The fraction of sp³-hybridized carbons (Fsp3) is 0.531. The zero-order valence-corrected chi connectivity index (χ0v) is 28.8. The number of aromatic nitrogens is 2. The molecule has 0 aliphatic carbocycles. The van der Waals surface area contributed by atoms with Gasteiger partial charge in [0.1, 0.15) is 0 Å². The van der Waals surface area contributed by atoms with Crippen molar-refractivity contribution >= 4 is 52.1 Å². The summed E-state index contributed by atoms with van der Waals surface area (Å²) in [6.45, 7) is 15.9. The Balaban J connectivity index is 0.00000121. The predicted octanol–water partition coefficient (Wildman–Crippen LogP) is 8.27. The molecule has 238 valence electrons. The third kappa shape index (κ3) is 9.16. The van der Waals surface area contributed by atoms with E-state index in [0.717, 1.165) is 57.4 Å². The zero-order chi connectivity index (χ0) is 31.7. The number of likely N-dealkylation sites (tertiary alicyclic amines) is 1. The van der Waals surface area contributed by atoms with Crippen LogP contribution in [0.1, 0.15) is 70.6 Å². The molecule has 0 amide bonds. The lowest BCUT2D eigenvalue weighted by molar-refractivity contribution is 0.0796. The number of aryl methyl sites for hydroxylation is 1. The van der Waals surface area contributed by atoms with Gasteiger partial charge in [-0.25, -0.2) is 0 Å². The van der Waals surface area contributed by atoms with Crippen LogP contribution in [0.3, 0.4) is 0 Å². The van der Waals surface area contributed by atoms with Crippen LogP contribution in [-0.4, -0.2) is 64.2 Å². The lowest BCUT2D eigenvalue weighted by Gasteiger charge is -2.39. The lowest BCUT2D eigenvalue weighted by atomic mass is 9.81. The van der Waals surface area contributed by atoms with Gasteiger partial charge in [-0.3, -0.25) is 4.68 Å². The standard InChI is InChI=1S/C28H33Cl4N5O2.2C2H6/c1-16(26-13-21(28(32)39-26)27-24(31)14-34-36(27)2)35-25-15-33-18(5-8-37-9-6-19(38)7-10-37)12-20(25)17-3-4-22(29)23(30)11-17;2*1-2/h3-4,11,13-14,18-20,25,33,35,38H,1,5-10,12,15H2,2H3;2*1-2H3/t18?,20-,25?;;/m0../s1. The highest BCUT2D eigenvalue weighted by molar-refractivity contribution is 6.42. The number of hydrogen-bond acceptors (Lipinski definition) is 6. The van der Waals surface area contributed by atoms with Crippen LogP contribution < -0.4 is 10.6 Å². The molecule has 11 heteroatoms. The lowest BCUT2D eigenvalue weighted by Crippen LogP contribution is -2.52. The first kappa shape index (κ1) is 35.8. The molecule has 2 fully saturated rings. The van der Waals surface area contributed by atoms with Gasteiger partial charge in [0.2, 0.25) is 5.22 Å². The Hall–Kier alpha value is -1.71. The highest BCUT2D eigenvalue weighted by atomic mass is 35.5. The van der Waals surface area contributed by atoms with Crippen LogP contribution in [0, 0.1) is 0 Å². The van der Waals surface area contributed by atoms with E-state index < -0.39 is 0 Å². The number of halogens is 4. The first-order valence-electron chi connectivity index (χ1n) is 15.2. The first-order chi connectivity index (χ1) is 20.7. The number of furan rings is 1. The van der Waals surface area contributed by atoms with Crippen molar-refractivity contribution in [2.24, 2.45) is 7.05 Å². The maximum atomic E-state index is 9.82. The Bertz CT molecular complexity index is 1300. The molecule has 43 heavy (non-hydrogen) atoms. The minimum atomic E-state index is -0.158. The summed E-state index contributed by atoms with van der Waals surface area (Å²) in [5.41, 5.74) is 3.10. The van der Waals surface area contributed by atoms with E-state index in [4.69, 9.17) is 50.8 Å². The minimum Gasteiger partial charge on any atom is -0.442 e. The van der Waals surface area contributed by atoms with Crippen molar-refractivity contribution in [3.8, 4) is 11.3 Å². The number of aliphatic hydroxyl groups is 1. The minimum absolute atomic E-state index is 0.0312. The maximum absolute atomic E-state index is 9.82. The predicted molar refractivity (Wildman–Crippen MR) is 181 cm³/mol. The van der Waals surface area contributed by atoms with Gasteiger partial charge in [-0.2, -0.15) is 5.10 Å². The molecule has 5 rings (SSSR count). The summed E-state index contributed by atoms with van der Waals surface area (Å²) in [6.07, 6.45) is 5.08. The van der Waals surface area contributed by atoms with Crippen LogP contribution in [0.25, 0.3) is 17.0 Å². The van der Waals surface area contributed by atoms with Crippen molar-refractivity contribution < 1.29 is 9.52 Å². The summed E-state index contributed by atoms with van der Waals surface area (Å²) in [4.78, 5) is 2.45. The summed E-state index contributed by atoms with van der Waals surface area (Å²) < 4.78 is 7.55. The van der Waals surface area contributed by atoms with Crippen molar-refractivity contribution in [1.82, 2.24) is 25.3 Å². The van der Waals surface area contributed by atoms with Crippen LogP contribution in [0.15, 0.2) is 41.5 Å². The molecule has 3 N–H and O–H groups in total. The molecule has 2 aliphatic rings. The van der Waals surface area contributed by atoms with E-state index in [1.54, 1.807) is 17.9 Å². The van der Waals surface area contributed by atoms with E-state index in [1.165, 1.54) is 0 Å². The molecular weight excluding hydrogens is 628 g/mol. The second-order valence-corrected chi connectivity index (χ2v) is 12.0. The van der Waals surface area contributed by atoms with E-state index in [0.29, 0.717) is 43.8 Å². The molecule has 3 aromatic rings. The Morgan fingerprint density at radius 2 is 1.77 bits per heavy atom. The molecule has 3 atom stereocenters. The van der Waals surface area contributed by atoms with E-state index >= 15 is 0 Å². The highest BCUT2D eigenvalue weighted by Gasteiger charge is 2.33. The van der Waals surface area contributed by atoms with Gasteiger partial charge in [0.05, 0.1) is 44.3 Å². The molecule has 2 aliphatic heterocycles. The van der Waals surface area contributed by atoms with E-state index in [9.17, 15) is 5.11 Å². The summed E-state index contributed by atoms with van der Waals surface area (Å²) in [7, 11) is 1.80. The molecule has 2 unspecified atom stereocenters. The van der Waals surface area contributed by atoms with Crippen molar-refractivity contribution in [3.63, 3.8) is 0 Å². The number of hydrogen-bond donors (Lipinski definition) is 3. The van der Waals surface area contributed by atoms with E-state index in [-0.39, 0.29) is 23.3 Å². The quantitative estimate of drug-likeness (QED) is 0.224. The maximum Gasteiger partial charge on any atom is 0.203 e. The number of nitrogens with zero attached hydrogens (tertiary/aromatic N) is 3. The Morgan fingerprint density at radius 1 is 1.07 bits per heavy atom. The fourth-order valence-corrected chi connectivity index (χ4v) is 6.44. The van der Waals surface area contributed by atoms with E-state index in [2.05, 4.69) is 33.3 Å². The number of piperidine rings is 2. The molecule has 0 saturated carbocycles. The van der Waals surface area contributed by atoms with Gasteiger partial charge in [-0.15, -0.1) is 0 Å². The topological polar surface area (TPSA) is 78.5 Å². The molecule has 2 saturated heterocycles. The highest BCUT2D eigenvalue weighted by Crippen LogP contribution is 2.38. The molecular formula is C32H45Cl4N5O2. The molecule has 7 nitrogen and oxygen atoms in total. The average molecular weight is 674 g/mol. The number of nitrogens with one attached hydrogen (secondary N) is 2. The van der Waals surface area contributed by atoms with Gasteiger partial charge in [-0.1, -0.05) is 75.1 Å². The van der Waals surface area contributed by atoms with Gasteiger partial charge in [0.15, 0.2) is 5.76 Å². The third-order valence-corrected chi connectivity index (χ3v) is 9.16. The Morgan fingerprint density at radius 3 is 2.40 bits per heavy atom. The number of rotatable bonds is 8. The fourth-order valence-electron chi connectivity index (χ4n) is 5.64. The second-order valence-electron chi connectivity index (χ2n) is 10.5. The third-order valence-electron chi connectivity index (χ3n) is 7.87. The van der Waals surface area contributed by atoms with Gasteiger partial charge >= 0.3 is 0 Å². The summed E-state index contributed by atoms with van der Waals surface area (Å²) in [5.74, 6) is 0.705. The largest absolute Gasteiger partial charge is 0.442 e. The summed E-state index contributed by atoms with van der Waals surface area (Å²) in [5, 5.41) is 23.1. The normalized spacial score (nSPS) is 20.9. The summed E-state index contributed by atoms with van der Waals surface area (Å²) in [6, 6.07) is 8.09. The second kappa shape index (κ2) is 17.1. The molecule has 0 spiro atoms. The molecule has 0 radical (unpaired) electrons. The Kier molecular flexibility index (Phi) is 14.2. The van der Waals surface area contributed by atoms with Gasteiger partial charge in [0.25, 0.3) is 0 Å². The molecule has 1 aromatic carbocycles. The van der Waals surface area contributed by atoms with Crippen LogP contribution in [0.5, 0.6) is 0 Å². The van der Waals surface area contributed by atoms with Gasteiger partial charge in [-0.05, 0) is 67.6 Å². The first-order valence-corrected chi connectivity index (χ1v) is 16.7. The van der Waals surface area contributed by atoms with Gasteiger partial charge in [0, 0.05) is 44.7 Å². The van der Waals surface area contributed by atoms with Crippen molar-refractivity contribution in [3.05, 3.63) is 68.7 Å². The smallest absolute Gasteiger partial charge is 0.203 e. The number of benzene rings is 1. The number of aliphatic hydroxyl groups excluding tert-OH is 1. The van der Waals surface area contributed by atoms with Crippen molar-refractivity contribution in [1.29, 1.82) is 0 Å². The van der Waals surface area contributed by atoms with Crippen LogP contribution in [-0.2, 0) is 7.05 Å². The van der Waals surface area contributed by atoms with Gasteiger partial charge < -0.3 is 25.1 Å². The van der Waals surface area contributed by atoms with Crippen molar-refractivity contribution in [2.45, 2.75) is 77.5 Å². The van der Waals surface area contributed by atoms with Crippen LogP contribution >= 0.6 is 46.4 Å². The molecule has 4 heterocycles. The molecule has 2 aromatic heterocycles. The average Bonchev–Trinajstić information content (AvgIpc) is 3.56. The van der Waals surface area contributed by atoms with Crippen molar-refractivity contribution in [2.75, 3.05) is 26.2 Å². The van der Waals surface area contributed by atoms with Crippen LogP contribution in [0.2, 0.25) is 20.3 Å². The zero-order valence-electron chi connectivity index (χ0n) is 25.8. The SMILES string of the molecule is C=C(NC1CNC(CCN2CCC(O)CC2)C[C@H]1c1ccc(Cl)c(Cl)c1)c1cc(-c2c(Cl)cnn2C)c(Cl)o1.CC.CC. The summed E-state index contributed by atoms with van der Waals surface area (Å²) >= 11 is 25.5. The molecule has 0 bridgehead atoms.